The molecule has 0 radical (unpaired) electrons. The highest BCUT2D eigenvalue weighted by Gasteiger charge is 2.35. The number of carbonyl (C=O) groups excluding carboxylic acids is 1. The van der Waals surface area contributed by atoms with Crippen molar-refractivity contribution in [1.29, 1.82) is 0 Å². The maximum absolute atomic E-state index is 12.3. The number of likely N-dealkylation sites (tertiary alicyclic amines) is 1. The summed E-state index contributed by atoms with van der Waals surface area (Å²) in [6, 6.07) is 7.60. The normalized spacial score (nSPS) is 16.4. The van der Waals surface area contributed by atoms with Crippen LogP contribution in [0, 0.1) is 5.92 Å². The topological polar surface area (TPSA) is 106 Å². The zero-order chi connectivity index (χ0) is 24.8. The van der Waals surface area contributed by atoms with Crippen LogP contribution in [-0.2, 0) is 4.79 Å². The van der Waals surface area contributed by atoms with Gasteiger partial charge in [0.2, 0.25) is 5.91 Å². The molecule has 3 aromatic heterocycles. The van der Waals surface area contributed by atoms with Crippen LogP contribution < -0.4 is 5.73 Å². The summed E-state index contributed by atoms with van der Waals surface area (Å²) in [5, 5.41) is 5.69. The van der Waals surface area contributed by atoms with Crippen LogP contribution in [0.5, 0.6) is 0 Å². The van der Waals surface area contributed by atoms with E-state index >= 15 is 0 Å². The van der Waals surface area contributed by atoms with Crippen LogP contribution in [0.1, 0.15) is 31.7 Å². The quantitative estimate of drug-likeness (QED) is 0.362. The molecular formula is C26H25Cl2N7O. The number of piperidine rings is 1. The predicted octanol–water partition coefficient (Wildman–Crippen LogP) is 5.46. The summed E-state index contributed by atoms with van der Waals surface area (Å²) < 4.78 is 2.01. The molecule has 1 aliphatic heterocycles. The molecule has 4 heterocycles. The summed E-state index contributed by atoms with van der Waals surface area (Å²) in [7, 11) is 0. The van der Waals surface area contributed by atoms with Gasteiger partial charge in [-0.3, -0.25) is 9.48 Å². The maximum Gasteiger partial charge on any atom is 0.225 e. The van der Waals surface area contributed by atoms with Crippen LogP contribution >= 0.6 is 23.2 Å². The Kier molecular flexibility index (Phi) is 5.93. The summed E-state index contributed by atoms with van der Waals surface area (Å²) in [5.74, 6) is 1.54. The van der Waals surface area contributed by atoms with E-state index in [9.17, 15) is 4.79 Å². The molecule has 8 nitrogen and oxygen atoms in total. The van der Waals surface area contributed by atoms with Gasteiger partial charge in [0.25, 0.3) is 0 Å². The van der Waals surface area contributed by atoms with E-state index in [1.54, 1.807) is 30.6 Å². The van der Waals surface area contributed by atoms with Crippen molar-refractivity contribution in [3.63, 3.8) is 0 Å². The smallest absolute Gasteiger partial charge is 0.225 e. The molecule has 1 aromatic carbocycles. The minimum atomic E-state index is 0.274. The number of pyridine rings is 1. The molecule has 6 rings (SSSR count). The van der Waals surface area contributed by atoms with Crippen LogP contribution in [0.4, 0.5) is 5.82 Å². The lowest BCUT2D eigenvalue weighted by Gasteiger charge is -2.32. The van der Waals surface area contributed by atoms with E-state index in [4.69, 9.17) is 28.9 Å². The van der Waals surface area contributed by atoms with Crippen molar-refractivity contribution in [2.45, 2.75) is 31.7 Å². The molecule has 2 fully saturated rings. The predicted molar refractivity (Wildman–Crippen MR) is 140 cm³/mol. The van der Waals surface area contributed by atoms with E-state index in [0.717, 1.165) is 49.9 Å². The number of aromatic amines is 1. The number of nitrogens with one attached hydrogen (secondary N) is 1. The Morgan fingerprint density at radius 3 is 2.47 bits per heavy atom. The number of aromatic nitrogens is 5. The van der Waals surface area contributed by atoms with Crippen molar-refractivity contribution in [2.75, 3.05) is 18.8 Å². The van der Waals surface area contributed by atoms with Gasteiger partial charge in [0, 0.05) is 48.1 Å². The van der Waals surface area contributed by atoms with E-state index in [1.165, 1.54) is 0 Å². The Bertz CT molecular complexity index is 1410. The number of nitrogen functional groups attached to an aromatic ring is 1. The van der Waals surface area contributed by atoms with E-state index in [2.05, 4.69) is 20.1 Å². The Hall–Kier alpha value is -3.36. The third-order valence-electron chi connectivity index (χ3n) is 6.99. The molecule has 10 heteroatoms. The number of nitrogens with zero attached hydrogens (tertiary/aromatic N) is 5. The van der Waals surface area contributed by atoms with Crippen molar-refractivity contribution in [3.8, 4) is 33.8 Å². The SMILES string of the molecule is Nc1ncc(-c2cnn(C3CCN(C(=O)C4CC4)CC3)c2)cc1-c1ncc(-c2c(Cl)cccc2Cl)[nH]1. The van der Waals surface area contributed by atoms with E-state index in [-0.39, 0.29) is 12.0 Å². The van der Waals surface area contributed by atoms with E-state index < -0.39 is 0 Å². The lowest BCUT2D eigenvalue weighted by molar-refractivity contribution is -0.133. The van der Waals surface area contributed by atoms with Crippen molar-refractivity contribution < 1.29 is 4.79 Å². The van der Waals surface area contributed by atoms with Gasteiger partial charge in [0.05, 0.1) is 39.7 Å². The average molecular weight is 522 g/mol. The summed E-state index contributed by atoms with van der Waals surface area (Å²) in [5.41, 5.74) is 10.1. The molecule has 1 amide bonds. The second kappa shape index (κ2) is 9.26. The molecule has 1 saturated heterocycles. The summed E-state index contributed by atoms with van der Waals surface area (Å²) in [6.45, 7) is 1.58. The van der Waals surface area contributed by atoms with Gasteiger partial charge in [-0.25, -0.2) is 9.97 Å². The molecule has 0 spiro atoms. The number of rotatable bonds is 5. The number of hydrogen-bond acceptors (Lipinski definition) is 5. The Balaban J connectivity index is 1.22. The molecule has 0 bridgehead atoms. The molecule has 1 saturated carbocycles. The van der Waals surface area contributed by atoms with Gasteiger partial charge in [0.1, 0.15) is 11.6 Å². The average Bonchev–Trinajstić information content (AvgIpc) is 3.41. The Morgan fingerprint density at radius 2 is 1.75 bits per heavy atom. The van der Waals surface area contributed by atoms with Gasteiger partial charge in [-0.2, -0.15) is 5.10 Å². The zero-order valence-electron chi connectivity index (χ0n) is 19.5. The fourth-order valence-electron chi connectivity index (χ4n) is 4.79. The maximum atomic E-state index is 12.3. The van der Waals surface area contributed by atoms with Gasteiger partial charge in [-0.1, -0.05) is 29.3 Å². The standard InChI is InChI=1S/C26H25Cl2N7O/c27-20-2-1-3-21(28)23(20)22-13-31-25(33-22)19-10-16(11-30-24(19)29)17-12-32-35(14-17)18-6-8-34(9-7-18)26(36)15-4-5-15/h1-3,10-15,18H,4-9H2,(H2,29,30)(H,31,33). The number of halogens is 2. The number of carbonyl (C=O) groups is 1. The van der Waals surface area contributed by atoms with Crippen LogP contribution in [0.2, 0.25) is 10.0 Å². The molecule has 184 valence electrons. The second-order valence-electron chi connectivity index (χ2n) is 9.44. The number of hydrogen-bond donors (Lipinski definition) is 2. The number of imidazole rings is 1. The third kappa shape index (κ3) is 4.35. The highest BCUT2D eigenvalue weighted by Crippen LogP contribution is 2.36. The highest BCUT2D eigenvalue weighted by atomic mass is 35.5. The largest absolute Gasteiger partial charge is 0.383 e. The molecule has 4 aromatic rings. The third-order valence-corrected chi connectivity index (χ3v) is 7.62. The van der Waals surface area contributed by atoms with Gasteiger partial charge in [0.15, 0.2) is 0 Å². The molecule has 0 unspecified atom stereocenters. The van der Waals surface area contributed by atoms with Gasteiger partial charge < -0.3 is 15.6 Å². The summed E-state index contributed by atoms with van der Waals surface area (Å²) >= 11 is 12.7. The highest BCUT2D eigenvalue weighted by molar-refractivity contribution is 6.39. The number of anilines is 1. The van der Waals surface area contributed by atoms with Crippen LogP contribution in [-0.4, -0.2) is 48.6 Å². The molecule has 36 heavy (non-hydrogen) atoms. The lowest BCUT2D eigenvalue weighted by Crippen LogP contribution is -2.39. The summed E-state index contributed by atoms with van der Waals surface area (Å²) in [4.78, 5) is 26.6. The number of benzene rings is 1. The van der Waals surface area contributed by atoms with Gasteiger partial charge in [-0.05, 0) is 43.9 Å². The van der Waals surface area contributed by atoms with Crippen LogP contribution in [0.3, 0.4) is 0 Å². The number of H-pyrrole nitrogens is 1. The number of nitrogens with two attached hydrogens (primary N) is 1. The lowest BCUT2D eigenvalue weighted by atomic mass is 10.0. The minimum Gasteiger partial charge on any atom is -0.383 e. The van der Waals surface area contributed by atoms with Crippen molar-refractivity contribution >= 4 is 34.9 Å². The van der Waals surface area contributed by atoms with Crippen molar-refractivity contribution in [3.05, 3.63) is 59.1 Å². The second-order valence-corrected chi connectivity index (χ2v) is 10.3. The van der Waals surface area contributed by atoms with Crippen LogP contribution in [0.25, 0.3) is 33.8 Å². The van der Waals surface area contributed by atoms with E-state index in [0.29, 0.717) is 44.4 Å². The van der Waals surface area contributed by atoms with E-state index in [1.807, 2.05) is 28.0 Å². The molecule has 3 N–H and O–H groups in total. The van der Waals surface area contributed by atoms with Gasteiger partial charge >= 0.3 is 0 Å². The molecular weight excluding hydrogens is 497 g/mol. The monoisotopic (exact) mass is 521 g/mol. The first-order valence-electron chi connectivity index (χ1n) is 12.1. The first-order chi connectivity index (χ1) is 17.5. The molecule has 1 aliphatic carbocycles. The van der Waals surface area contributed by atoms with Gasteiger partial charge in [-0.15, -0.1) is 0 Å². The molecule has 2 aliphatic rings. The first-order valence-corrected chi connectivity index (χ1v) is 12.8. The first kappa shape index (κ1) is 23.1. The van der Waals surface area contributed by atoms with Crippen LogP contribution in [0.15, 0.2) is 49.1 Å². The fourth-order valence-corrected chi connectivity index (χ4v) is 5.39. The fraction of sp³-hybridized carbons (Fsp3) is 0.308. The number of amides is 1. The Morgan fingerprint density at radius 1 is 1.00 bits per heavy atom. The van der Waals surface area contributed by atoms with Crippen molar-refractivity contribution in [2.24, 2.45) is 5.92 Å². The Labute approximate surface area is 218 Å². The summed E-state index contributed by atoms with van der Waals surface area (Å²) in [6.07, 6.45) is 11.2. The zero-order valence-corrected chi connectivity index (χ0v) is 21.0. The minimum absolute atomic E-state index is 0.274. The van der Waals surface area contributed by atoms with Crippen molar-refractivity contribution in [1.82, 2.24) is 29.6 Å². The molecule has 0 atom stereocenters.